The SMILES string of the molecule is Cc1cccc(-c2noc(Cc3cccc(O)c3)n2)c1. The van der Waals surface area contributed by atoms with Gasteiger partial charge in [0.1, 0.15) is 5.75 Å². The summed E-state index contributed by atoms with van der Waals surface area (Å²) >= 11 is 0. The van der Waals surface area contributed by atoms with E-state index >= 15 is 0 Å². The van der Waals surface area contributed by atoms with E-state index in [2.05, 4.69) is 10.1 Å². The van der Waals surface area contributed by atoms with Crippen molar-refractivity contribution in [2.24, 2.45) is 0 Å². The number of nitrogens with zero attached hydrogens (tertiary/aromatic N) is 2. The Bertz CT molecular complexity index is 735. The van der Waals surface area contributed by atoms with Gasteiger partial charge in [-0.15, -0.1) is 0 Å². The molecule has 1 N–H and O–H groups in total. The Labute approximate surface area is 116 Å². The minimum absolute atomic E-state index is 0.237. The maximum absolute atomic E-state index is 9.44. The second-order valence-electron chi connectivity index (χ2n) is 4.73. The molecule has 0 spiro atoms. The smallest absolute Gasteiger partial charge is 0.231 e. The van der Waals surface area contributed by atoms with Gasteiger partial charge < -0.3 is 9.63 Å². The van der Waals surface area contributed by atoms with E-state index in [1.165, 1.54) is 0 Å². The topological polar surface area (TPSA) is 59.2 Å². The number of phenolic OH excluding ortho intramolecular Hbond substituents is 1. The quantitative estimate of drug-likeness (QED) is 0.789. The minimum atomic E-state index is 0.237. The number of benzene rings is 2. The van der Waals surface area contributed by atoms with Crippen molar-refractivity contribution in [3.8, 4) is 17.1 Å². The summed E-state index contributed by atoms with van der Waals surface area (Å²) in [5, 5.41) is 13.4. The van der Waals surface area contributed by atoms with E-state index in [9.17, 15) is 5.11 Å². The van der Waals surface area contributed by atoms with Gasteiger partial charge in [-0.25, -0.2) is 0 Å². The fourth-order valence-electron chi connectivity index (χ4n) is 2.07. The third kappa shape index (κ3) is 2.69. The molecule has 3 rings (SSSR count). The molecule has 0 aliphatic rings. The van der Waals surface area contributed by atoms with E-state index in [1.54, 1.807) is 18.2 Å². The van der Waals surface area contributed by atoms with Crippen molar-refractivity contribution in [3.05, 3.63) is 65.5 Å². The number of hydrogen-bond acceptors (Lipinski definition) is 4. The maximum atomic E-state index is 9.44. The van der Waals surface area contributed by atoms with Crippen LogP contribution in [-0.2, 0) is 6.42 Å². The molecule has 0 unspecified atom stereocenters. The Kier molecular flexibility index (Phi) is 3.21. The Morgan fingerprint density at radius 2 is 1.95 bits per heavy atom. The zero-order chi connectivity index (χ0) is 13.9. The van der Waals surface area contributed by atoms with Crippen LogP contribution < -0.4 is 0 Å². The molecule has 0 atom stereocenters. The molecule has 0 saturated carbocycles. The first-order chi connectivity index (χ1) is 9.70. The molecule has 3 aromatic rings. The van der Waals surface area contributed by atoms with E-state index < -0.39 is 0 Å². The molecule has 4 nitrogen and oxygen atoms in total. The van der Waals surface area contributed by atoms with Crippen LogP contribution in [0.2, 0.25) is 0 Å². The van der Waals surface area contributed by atoms with Gasteiger partial charge in [0.25, 0.3) is 0 Å². The highest BCUT2D eigenvalue weighted by molar-refractivity contribution is 5.55. The average molecular weight is 266 g/mol. The Balaban J connectivity index is 1.84. The van der Waals surface area contributed by atoms with Crippen molar-refractivity contribution < 1.29 is 9.63 Å². The molecule has 0 amide bonds. The van der Waals surface area contributed by atoms with E-state index in [4.69, 9.17) is 4.52 Å². The molecule has 20 heavy (non-hydrogen) atoms. The lowest BCUT2D eigenvalue weighted by atomic mass is 10.1. The van der Waals surface area contributed by atoms with Gasteiger partial charge in [0, 0.05) is 5.56 Å². The minimum Gasteiger partial charge on any atom is -0.508 e. The molecule has 0 fully saturated rings. The zero-order valence-electron chi connectivity index (χ0n) is 11.1. The predicted molar refractivity (Wildman–Crippen MR) is 75.4 cm³/mol. The van der Waals surface area contributed by atoms with Gasteiger partial charge in [-0.1, -0.05) is 41.1 Å². The van der Waals surface area contributed by atoms with Crippen LogP contribution in [0.25, 0.3) is 11.4 Å². The van der Waals surface area contributed by atoms with Gasteiger partial charge in [-0.2, -0.15) is 4.98 Å². The molecular formula is C16H14N2O2. The third-order valence-electron chi connectivity index (χ3n) is 3.01. The molecule has 4 heteroatoms. The lowest BCUT2D eigenvalue weighted by Gasteiger charge is -1.97. The van der Waals surface area contributed by atoms with Gasteiger partial charge in [0.05, 0.1) is 6.42 Å². The van der Waals surface area contributed by atoms with Crippen LogP contribution >= 0.6 is 0 Å². The normalized spacial score (nSPS) is 10.7. The number of aromatic hydroxyl groups is 1. The Morgan fingerprint density at radius 1 is 1.10 bits per heavy atom. The highest BCUT2D eigenvalue weighted by Crippen LogP contribution is 2.19. The summed E-state index contributed by atoms with van der Waals surface area (Å²) in [4.78, 5) is 4.39. The van der Waals surface area contributed by atoms with Crippen LogP contribution in [0, 0.1) is 6.92 Å². The van der Waals surface area contributed by atoms with Crippen molar-refractivity contribution in [2.45, 2.75) is 13.3 Å². The second-order valence-corrected chi connectivity index (χ2v) is 4.73. The van der Waals surface area contributed by atoms with Crippen LogP contribution in [0.3, 0.4) is 0 Å². The first kappa shape index (κ1) is 12.4. The largest absolute Gasteiger partial charge is 0.508 e. The first-order valence-electron chi connectivity index (χ1n) is 6.38. The molecule has 0 aliphatic heterocycles. The standard InChI is InChI=1S/C16H14N2O2/c1-11-4-2-6-13(8-11)16-17-15(20-18-16)10-12-5-3-7-14(19)9-12/h2-9,19H,10H2,1H3. The van der Waals surface area contributed by atoms with Gasteiger partial charge >= 0.3 is 0 Å². The molecular weight excluding hydrogens is 252 g/mol. The summed E-state index contributed by atoms with van der Waals surface area (Å²) in [6.07, 6.45) is 0.507. The molecule has 0 radical (unpaired) electrons. The van der Waals surface area contributed by atoms with Crippen LogP contribution in [0.4, 0.5) is 0 Å². The second kappa shape index (κ2) is 5.17. The number of hydrogen-bond donors (Lipinski definition) is 1. The monoisotopic (exact) mass is 266 g/mol. The Morgan fingerprint density at radius 3 is 2.75 bits per heavy atom. The van der Waals surface area contributed by atoms with Gasteiger partial charge in [0.15, 0.2) is 0 Å². The summed E-state index contributed by atoms with van der Waals surface area (Å²) in [5.74, 6) is 1.36. The van der Waals surface area contributed by atoms with Crippen molar-refractivity contribution in [1.82, 2.24) is 10.1 Å². The van der Waals surface area contributed by atoms with Gasteiger partial charge in [-0.3, -0.25) is 0 Å². The number of aromatic nitrogens is 2. The van der Waals surface area contributed by atoms with Crippen LogP contribution in [-0.4, -0.2) is 15.2 Å². The third-order valence-corrected chi connectivity index (χ3v) is 3.01. The summed E-state index contributed by atoms with van der Waals surface area (Å²) in [6, 6.07) is 15.0. The summed E-state index contributed by atoms with van der Waals surface area (Å²) in [6.45, 7) is 2.03. The summed E-state index contributed by atoms with van der Waals surface area (Å²) < 4.78 is 5.26. The average Bonchev–Trinajstić information content (AvgIpc) is 2.87. The molecule has 0 bridgehead atoms. The van der Waals surface area contributed by atoms with Gasteiger partial charge in [0.2, 0.25) is 11.7 Å². The Hall–Kier alpha value is -2.62. The fourth-order valence-corrected chi connectivity index (χ4v) is 2.07. The first-order valence-corrected chi connectivity index (χ1v) is 6.38. The highest BCUT2D eigenvalue weighted by atomic mass is 16.5. The maximum Gasteiger partial charge on any atom is 0.231 e. The van der Waals surface area contributed by atoms with Crippen molar-refractivity contribution in [3.63, 3.8) is 0 Å². The number of aryl methyl sites for hydroxylation is 1. The molecule has 0 aliphatic carbocycles. The number of phenols is 1. The van der Waals surface area contributed by atoms with Crippen LogP contribution in [0.5, 0.6) is 5.75 Å². The molecule has 1 aromatic heterocycles. The summed E-state index contributed by atoms with van der Waals surface area (Å²) in [7, 11) is 0. The molecule has 0 saturated heterocycles. The van der Waals surface area contributed by atoms with Crippen molar-refractivity contribution >= 4 is 0 Å². The zero-order valence-corrected chi connectivity index (χ0v) is 11.1. The van der Waals surface area contributed by atoms with E-state index in [1.807, 2.05) is 37.3 Å². The highest BCUT2D eigenvalue weighted by Gasteiger charge is 2.09. The van der Waals surface area contributed by atoms with Crippen molar-refractivity contribution in [2.75, 3.05) is 0 Å². The lowest BCUT2D eigenvalue weighted by molar-refractivity contribution is 0.385. The molecule has 1 heterocycles. The van der Waals surface area contributed by atoms with Gasteiger partial charge in [-0.05, 0) is 30.7 Å². The summed E-state index contributed by atoms with van der Waals surface area (Å²) in [5.41, 5.74) is 3.03. The molecule has 100 valence electrons. The van der Waals surface area contributed by atoms with E-state index in [-0.39, 0.29) is 5.75 Å². The van der Waals surface area contributed by atoms with Crippen LogP contribution in [0.1, 0.15) is 17.0 Å². The predicted octanol–water partition coefficient (Wildman–Crippen LogP) is 3.34. The van der Waals surface area contributed by atoms with E-state index in [0.29, 0.717) is 18.1 Å². The number of rotatable bonds is 3. The lowest BCUT2D eigenvalue weighted by Crippen LogP contribution is -1.88. The van der Waals surface area contributed by atoms with Crippen molar-refractivity contribution in [1.29, 1.82) is 0 Å². The fraction of sp³-hybridized carbons (Fsp3) is 0.125. The molecule has 2 aromatic carbocycles. The van der Waals surface area contributed by atoms with E-state index in [0.717, 1.165) is 16.7 Å². The van der Waals surface area contributed by atoms with Crippen LogP contribution in [0.15, 0.2) is 53.1 Å².